The van der Waals surface area contributed by atoms with E-state index in [0.29, 0.717) is 6.54 Å². The molecule has 21 heavy (non-hydrogen) atoms. The second kappa shape index (κ2) is 5.36. The SMILES string of the molecule is COc1ccc(N(C)Cc2nc3ccc(N)cc3[nH]2)cc1. The maximum atomic E-state index is 5.78. The summed E-state index contributed by atoms with van der Waals surface area (Å²) in [5.74, 6) is 1.76. The maximum absolute atomic E-state index is 5.78. The van der Waals surface area contributed by atoms with E-state index in [0.717, 1.165) is 34.0 Å². The molecular formula is C16H18N4O. The molecule has 0 aliphatic rings. The van der Waals surface area contributed by atoms with Crippen molar-refractivity contribution in [1.29, 1.82) is 0 Å². The number of aromatic amines is 1. The van der Waals surface area contributed by atoms with E-state index in [1.165, 1.54) is 0 Å². The number of hydrogen-bond acceptors (Lipinski definition) is 4. The van der Waals surface area contributed by atoms with Crippen LogP contribution in [0.25, 0.3) is 11.0 Å². The summed E-state index contributed by atoms with van der Waals surface area (Å²) in [5, 5.41) is 0. The molecule has 0 bridgehead atoms. The Hall–Kier alpha value is -2.69. The van der Waals surface area contributed by atoms with Crippen molar-refractivity contribution in [2.75, 3.05) is 24.8 Å². The van der Waals surface area contributed by atoms with Crippen molar-refractivity contribution in [3.63, 3.8) is 0 Å². The molecule has 0 atom stereocenters. The van der Waals surface area contributed by atoms with Crippen LogP contribution in [0.1, 0.15) is 5.82 Å². The average Bonchev–Trinajstić information content (AvgIpc) is 2.88. The molecule has 0 saturated heterocycles. The lowest BCUT2D eigenvalue weighted by Crippen LogP contribution is -2.17. The fraction of sp³-hybridized carbons (Fsp3) is 0.188. The van der Waals surface area contributed by atoms with E-state index in [2.05, 4.69) is 14.9 Å². The minimum absolute atomic E-state index is 0.695. The Balaban J connectivity index is 1.79. The van der Waals surface area contributed by atoms with Crippen LogP contribution in [0, 0.1) is 0 Å². The number of hydrogen-bond donors (Lipinski definition) is 2. The number of nitrogens with zero attached hydrogens (tertiary/aromatic N) is 2. The number of ether oxygens (including phenoxy) is 1. The molecule has 0 aliphatic carbocycles. The quantitative estimate of drug-likeness (QED) is 0.722. The molecular weight excluding hydrogens is 264 g/mol. The lowest BCUT2D eigenvalue weighted by Gasteiger charge is -2.18. The van der Waals surface area contributed by atoms with Gasteiger partial charge in [-0.15, -0.1) is 0 Å². The van der Waals surface area contributed by atoms with Gasteiger partial charge in [-0.3, -0.25) is 0 Å². The Morgan fingerprint density at radius 2 is 1.95 bits per heavy atom. The molecule has 5 heteroatoms. The number of aromatic nitrogens is 2. The van der Waals surface area contributed by atoms with Gasteiger partial charge in [0, 0.05) is 18.4 Å². The van der Waals surface area contributed by atoms with Gasteiger partial charge in [0.1, 0.15) is 11.6 Å². The lowest BCUT2D eigenvalue weighted by atomic mass is 10.3. The number of nitrogens with one attached hydrogen (secondary N) is 1. The highest BCUT2D eigenvalue weighted by atomic mass is 16.5. The molecule has 0 unspecified atom stereocenters. The molecule has 0 saturated carbocycles. The molecule has 3 N–H and O–H groups in total. The van der Waals surface area contributed by atoms with Crippen LogP contribution in [-0.4, -0.2) is 24.1 Å². The highest BCUT2D eigenvalue weighted by molar-refractivity contribution is 5.78. The van der Waals surface area contributed by atoms with Gasteiger partial charge < -0.3 is 20.4 Å². The maximum Gasteiger partial charge on any atom is 0.126 e. The van der Waals surface area contributed by atoms with E-state index in [4.69, 9.17) is 10.5 Å². The molecule has 0 aliphatic heterocycles. The van der Waals surface area contributed by atoms with Gasteiger partial charge in [0.05, 0.1) is 24.7 Å². The van der Waals surface area contributed by atoms with Crippen LogP contribution >= 0.6 is 0 Å². The van der Waals surface area contributed by atoms with Crippen molar-refractivity contribution in [2.45, 2.75) is 6.54 Å². The number of anilines is 2. The molecule has 0 spiro atoms. The third-order valence-electron chi connectivity index (χ3n) is 3.46. The normalized spacial score (nSPS) is 10.8. The molecule has 0 amide bonds. The number of rotatable bonds is 4. The smallest absolute Gasteiger partial charge is 0.126 e. The monoisotopic (exact) mass is 282 g/mol. The number of methoxy groups -OCH3 is 1. The third kappa shape index (κ3) is 2.76. The molecule has 1 heterocycles. The van der Waals surface area contributed by atoms with Crippen LogP contribution in [-0.2, 0) is 6.54 Å². The van der Waals surface area contributed by atoms with Crippen molar-refractivity contribution in [3.8, 4) is 5.75 Å². The molecule has 0 fully saturated rings. The van der Waals surface area contributed by atoms with E-state index in [9.17, 15) is 0 Å². The molecule has 5 nitrogen and oxygen atoms in total. The summed E-state index contributed by atoms with van der Waals surface area (Å²) in [6, 6.07) is 13.6. The van der Waals surface area contributed by atoms with Crippen LogP contribution in [0.4, 0.5) is 11.4 Å². The fourth-order valence-electron chi connectivity index (χ4n) is 2.31. The van der Waals surface area contributed by atoms with E-state index in [1.54, 1.807) is 7.11 Å². The summed E-state index contributed by atoms with van der Waals surface area (Å²) >= 11 is 0. The van der Waals surface area contributed by atoms with Crippen molar-refractivity contribution in [1.82, 2.24) is 9.97 Å². The van der Waals surface area contributed by atoms with E-state index < -0.39 is 0 Å². The number of H-pyrrole nitrogens is 1. The van der Waals surface area contributed by atoms with Gasteiger partial charge in [0.15, 0.2) is 0 Å². The van der Waals surface area contributed by atoms with Crippen LogP contribution in [0.2, 0.25) is 0 Å². The highest BCUT2D eigenvalue weighted by Crippen LogP contribution is 2.20. The number of imidazole rings is 1. The Morgan fingerprint density at radius 1 is 1.19 bits per heavy atom. The van der Waals surface area contributed by atoms with Crippen LogP contribution in [0.3, 0.4) is 0 Å². The van der Waals surface area contributed by atoms with Gasteiger partial charge >= 0.3 is 0 Å². The van der Waals surface area contributed by atoms with Gasteiger partial charge in [-0.05, 0) is 42.5 Å². The zero-order valence-corrected chi connectivity index (χ0v) is 12.1. The summed E-state index contributed by atoms with van der Waals surface area (Å²) in [7, 11) is 3.70. The first kappa shape index (κ1) is 13.3. The second-order valence-electron chi connectivity index (χ2n) is 5.01. The highest BCUT2D eigenvalue weighted by Gasteiger charge is 2.07. The minimum Gasteiger partial charge on any atom is -0.497 e. The summed E-state index contributed by atoms with van der Waals surface area (Å²) in [4.78, 5) is 10.0. The van der Waals surface area contributed by atoms with E-state index in [1.807, 2.05) is 49.5 Å². The minimum atomic E-state index is 0.695. The first-order valence-corrected chi connectivity index (χ1v) is 6.75. The lowest BCUT2D eigenvalue weighted by molar-refractivity contribution is 0.415. The zero-order chi connectivity index (χ0) is 14.8. The third-order valence-corrected chi connectivity index (χ3v) is 3.46. The van der Waals surface area contributed by atoms with Gasteiger partial charge in [-0.2, -0.15) is 0 Å². The Morgan fingerprint density at radius 3 is 2.67 bits per heavy atom. The van der Waals surface area contributed by atoms with Gasteiger partial charge in [0.25, 0.3) is 0 Å². The van der Waals surface area contributed by atoms with Crippen molar-refractivity contribution < 1.29 is 4.74 Å². The van der Waals surface area contributed by atoms with Gasteiger partial charge in [0.2, 0.25) is 0 Å². The topological polar surface area (TPSA) is 67.2 Å². The van der Waals surface area contributed by atoms with Crippen molar-refractivity contribution in [3.05, 3.63) is 48.3 Å². The van der Waals surface area contributed by atoms with Crippen molar-refractivity contribution >= 4 is 22.4 Å². The zero-order valence-electron chi connectivity index (χ0n) is 12.1. The summed E-state index contributed by atoms with van der Waals surface area (Å²) in [6.45, 7) is 0.695. The molecule has 108 valence electrons. The predicted molar refractivity (Wildman–Crippen MR) is 85.6 cm³/mol. The number of fused-ring (bicyclic) bond motifs is 1. The summed E-state index contributed by atoms with van der Waals surface area (Å²) < 4.78 is 5.17. The van der Waals surface area contributed by atoms with E-state index in [-0.39, 0.29) is 0 Å². The van der Waals surface area contributed by atoms with Gasteiger partial charge in [-0.1, -0.05) is 0 Å². The molecule has 2 aromatic carbocycles. The molecule has 0 radical (unpaired) electrons. The Kier molecular flexibility index (Phi) is 3.39. The van der Waals surface area contributed by atoms with Crippen molar-refractivity contribution in [2.24, 2.45) is 0 Å². The second-order valence-corrected chi connectivity index (χ2v) is 5.01. The number of nitrogens with two attached hydrogens (primary N) is 1. The standard InChI is InChI=1S/C16H18N4O/c1-20(12-4-6-13(21-2)7-5-12)10-16-18-14-8-3-11(17)9-15(14)19-16/h3-9H,10,17H2,1-2H3,(H,18,19). The Bertz CT molecular complexity index is 749. The first-order chi connectivity index (χ1) is 10.2. The predicted octanol–water partition coefficient (Wildman–Crippen LogP) is 2.79. The van der Waals surface area contributed by atoms with Crippen LogP contribution in [0.5, 0.6) is 5.75 Å². The molecule has 3 rings (SSSR count). The Labute approximate surface area is 123 Å². The van der Waals surface area contributed by atoms with Crippen LogP contribution < -0.4 is 15.4 Å². The van der Waals surface area contributed by atoms with Crippen LogP contribution in [0.15, 0.2) is 42.5 Å². The largest absolute Gasteiger partial charge is 0.497 e. The fourth-order valence-corrected chi connectivity index (χ4v) is 2.31. The first-order valence-electron chi connectivity index (χ1n) is 6.75. The van der Waals surface area contributed by atoms with E-state index >= 15 is 0 Å². The number of nitrogen functional groups attached to an aromatic ring is 1. The summed E-state index contributed by atoms with van der Waals surface area (Å²) in [6.07, 6.45) is 0. The molecule has 1 aromatic heterocycles. The van der Waals surface area contributed by atoms with Gasteiger partial charge in [-0.25, -0.2) is 4.98 Å². The molecule has 3 aromatic rings. The number of benzene rings is 2. The summed E-state index contributed by atoms with van der Waals surface area (Å²) in [5.41, 5.74) is 9.53. The average molecular weight is 282 g/mol.